The fourth-order valence-electron chi connectivity index (χ4n) is 4.28. The van der Waals surface area contributed by atoms with Gasteiger partial charge in [0.05, 0.1) is 12.7 Å². The highest BCUT2D eigenvalue weighted by atomic mass is 32.1. The third-order valence-electron chi connectivity index (χ3n) is 6.03. The van der Waals surface area contributed by atoms with Crippen LogP contribution in [0.15, 0.2) is 30.3 Å². The SMILES string of the molecule is COC(=O)c1c(NC(=S)N2CCN(Cc3ccccc3)CC2)sc2c1CCC(C)C2. The highest BCUT2D eigenvalue weighted by Crippen LogP contribution is 2.40. The van der Waals surface area contributed by atoms with Crippen LogP contribution in [0.3, 0.4) is 0 Å². The number of hydrogen-bond acceptors (Lipinski definition) is 5. The number of methoxy groups -OCH3 is 1. The molecule has 0 amide bonds. The molecule has 4 rings (SSSR count). The number of benzene rings is 1. The maximum absolute atomic E-state index is 12.5. The first-order valence-electron chi connectivity index (χ1n) is 10.6. The number of nitrogens with one attached hydrogen (secondary N) is 1. The zero-order valence-corrected chi connectivity index (χ0v) is 19.3. The summed E-state index contributed by atoms with van der Waals surface area (Å²) in [4.78, 5) is 18.5. The number of ether oxygens (including phenoxy) is 1. The van der Waals surface area contributed by atoms with E-state index in [0.29, 0.717) is 16.6 Å². The summed E-state index contributed by atoms with van der Waals surface area (Å²) in [6.45, 7) is 6.95. The van der Waals surface area contributed by atoms with E-state index in [1.807, 2.05) is 0 Å². The quantitative estimate of drug-likeness (QED) is 0.565. The molecule has 1 aromatic carbocycles. The van der Waals surface area contributed by atoms with Gasteiger partial charge in [-0.1, -0.05) is 37.3 Å². The van der Waals surface area contributed by atoms with E-state index in [-0.39, 0.29) is 5.97 Å². The topological polar surface area (TPSA) is 44.8 Å². The molecular weight excluding hydrogens is 414 g/mol. The second kappa shape index (κ2) is 9.45. The lowest BCUT2D eigenvalue weighted by Crippen LogP contribution is -2.49. The van der Waals surface area contributed by atoms with Crippen LogP contribution in [0.1, 0.15) is 39.7 Å². The molecule has 1 N–H and O–H groups in total. The third kappa shape index (κ3) is 4.68. The van der Waals surface area contributed by atoms with Gasteiger partial charge in [0.25, 0.3) is 0 Å². The lowest BCUT2D eigenvalue weighted by molar-refractivity contribution is 0.0601. The fourth-order valence-corrected chi connectivity index (χ4v) is 6.03. The van der Waals surface area contributed by atoms with Gasteiger partial charge in [0.2, 0.25) is 0 Å². The molecule has 0 spiro atoms. The van der Waals surface area contributed by atoms with Gasteiger partial charge in [0, 0.05) is 37.6 Å². The van der Waals surface area contributed by atoms with Crippen LogP contribution >= 0.6 is 23.6 Å². The van der Waals surface area contributed by atoms with Crippen molar-refractivity contribution in [3.05, 3.63) is 51.9 Å². The van der Waals surface area contributed by atoms with Gasteiger partial charge in [0.15, 0.2) is 5.11 Å². The van der Waals surface area contributed by atoms with E-state index >= 15 is 0 Å². The maximum Gasteiger partial charge on any atom is 0.341 e. The van der Waals surface area contributed by atoms with E-state index in [1.165, 1.54) is 17.6 Å². The smallest absolute Gasteiger partial charge is 0.341 e. The molecule has 1 fully saturated rings. The predicted molar refractivity (Wildman–Crippen MR) is 126 cm³/mol. The average molecular weight is 444 g/mol. The molecule has 1 unspecified atom stereocenters. The number of piperazine rings is 1. The standard InChI is InChI=1S/C23H29N3O2S2/c1-16-8-9-18-19(14-16)30-21(20(18)22(27)28-2)24-23(29)26-12-10-25(11-13-26)15-17-6-4-3-5-7-17/h3-7,16H,8-15H2,1-2H3,(H,24,29). The molecule has 5 nitrogen and oxygen atoms in total. The van der Waals surface area contributed by atoms with Crippen molar-refractivity contribution in [3.8, 4) is 0 Å². The number of hydrogen-bond donors (Lipinski definition) is 1. The van der Waals surface area contributed by atoms with E-state index in [2.05, 4.69) is 52.4 Å². The summed E-state index contributed by atoms with van der Waals surface area (Å²) in [6.07, 6.45) is 3.07. The minimum Gasteiger partial charge on any atom is -0.465 e. The van der Waals surface area contributed by atoms with E-state index in [0.717, 1.165) is 62.6 Å². The van der Waals surface area contributed by atoms with Crippen LogP contribution in [0.25, 0.3) is 0 Å². The second-order valence-electron chi connectivity index (χ2n) is 8.23. The van der Waals surface area contributed by atoms with Crippen molar-refractivity contribution in [1.82, 2.24) is 9.80 Å². The average Bonchev–Trinajstić information content (AvgIpc) is 3.11. The highest BCUT2D eigenvalue weighted by Gasteiger charge is 2.29. The molecule has 160 valence electrons. The Morgan fingerprint density at radius 3 is 2.67 bits per heavy atom. The van der Waals surface area contributed by atoms with Crippen LogP contribution in [-0.4, -0.2) is 54.2 Å². The zero-order valence-electron chi connectivity index (χ0n) is 17.6. The van der Waals surface area contributed by atoms with Crippen molar-refractivity contribution in [1.29, 1.82) is 0 Å². The van der Waals surface area contributed by atoms with Crippen LogP contribution in [0.2, 0.25) is 0 Å². The number of thiophene rings is 1. The summed E-state index contributed by atoms with van der Waals surface area (Å²) in [5.74, 6) is 0.388. The Labute approximate surface area is 188 Å². The number of carbonyl (C=O) groups excluding carboxylic acids is 1. The summed E-state index contributed by atoms with van der Waals surface area (Å²) in [5.41, 5.74) is 3.19. The molecule has 7 heteroatoms. The first-order valence-corrected chi connectivity index (χ1v) is 11.8. The van der Waals surface area contributed by atoms with Gasteiger partial charge in [-0.2, -0.15) is 0 Å². The van der Waals surface area contributed by atoms with Gasteiger partial charge in [-0.3, -0.25) is 4.90 Å². The van der Waals surface area contributed by atoms with Crippen LogP contribution in [-0.2, 0) is 24.1 Å². The highest BCUT2D eigenvalue weighted by molar-refractivity contribution is 7.80. The first-order chi connectivity index (χ1) is 14.5. The van der Waals surface area contributed by atoms with E-state index in [4.69, 9.17) is 17.0 Å². The fraction of sp³-hybridized carbons (Fsp3) is 0.478. The molecule has 1 aromatic heterocycles. The number of carbonyl (C=O) groups is 1. The summed E-state index contributed by atoms with van der Waals surface area (Å²) in [7, 11) is 1.45. The van der Waals surface area contributed by atoms with Crippen molar-refractivity contribution in [2.75, 3.05) is 38.6 Å². The predicted octanol–water partition coefficient (Wildman–Crippen LogP) is 4.17. The molecule has 1 aliphatic heterocycles. The Morgan fingerprint density at radius 1 is 1.23 bits per heavy atom. The molecule has 0 radical (unpaired) electrons. The normalized spacial score (nSPS) is 19.3. The van der Waals surface area contributed by atoms with Gasteiger partial charge in [-0.25, -0.2) is 4.79 Å². The Morgan fingerprint density at radius 2 is 1.97 bits per heavy atom. The summed E-state index contributed by atoms with van der Waals surface area (Å²) in [6, 6.07) is 10.6. The Kier molecular flexibility index (Phi) is 6.71. The molecule has 0 bridgehead atoms. The van der Waals surface area contributed by atoms with Crippen molar-refractivity contribution >= 4 is 39.6 Å². The Bertz CT molecular complexity index is 905. The minimum atomic E-state index is -0.264. The summed E-state index contributed by atoms with van der Waals surface area (Å²) in [5, 5.41) is 4.93. The zero-order chi connectivity index (χ0) is 21.1. The number of fused-ring (bicyclic) bond motifs is 1. The summed E-state index contributed by atoms with van der Waals surface area (Å²) < 4.78 is 5.09. The molecule has 30 heavy (non-hydrogen) atoms. The number of rotatable bonds is 4. The lowest BCUT2D eigenvalue weighted by Gasteiger charge is -2.36. The summed E-state index contributed by atoms with van der Waals surface area (Å²) >= 11 is 7.39. The molecule has 1 saturated heterocycles. The number of anilines is 1. The number of esters is 1. The molecule has 2 aromatic rings. The number of thiocarbonyl (C=S) groups is 1. The van der Waals surface area contributed by atoms with Crippen molar-refractivity contribution in [2.24, 2.45) is 5.92 Å². The third-order valence-corrected chi connectivity index (χ3v) is 7.56. The molecule has 1 aliphatic carbocycles. The van der Waals surface area contributed by atoms with Crippen LogP contribution in [0, 0.1) is 5.92 Å². The minimum absolute atomic E-state index is 0.264. The molecule has 0 saturated carbocycles. The van der Waals surface area contributed by atoms with Gasteiger partial charge in [0.1, 0.15) is 5.00 Å². The largest absolute Gasteiger partial charge is 0.465 e. The lowest BCUT2D eigenvalue weighted by atomic mass is 9.88. The van der Waals surface area contributed by atoms with Crippen LogP contribution in [0.4, 0.5) is 5.00 Å². The Balaban J connectivity index is 1.40. The first kappa shape index (κ1) is 21.3. The maximum atomic E-state index is 12.5. The van der Waals surface area contributed by atoms with Crippen molar-refractivity contribution < 1.29 is 9.53 Å². The second-order valence-corrected chi connectivity index (χ2v) is 9.72. The van der Waals surface area contributed by atoms with Crippen LogP contribution < -0.4 is 5.32 Å². The van der Waals surface area contributed by atoms with Gasteiger partial charge in [-0.05, 0) is 48.5 Å². The van der Waals surface area contributed by atoms with Crippen molar-refractivity contribution in [2.45, 2.75) is 32.7 Å². The van der Waals surface area contributed by atoms with E-state index in [9.17, 15) is 4.79 Å². The Hall–Kier alpha value is -1.96. The van der Waals surface area contributed by atoms with E-state index < -0.39 is 0 Å². The van der Waals surface area contributed by atoms with Gasteiger partial charge >= 0.3 is 5.97 Å². The van der Waals surface area contributed by atoms with Crippen LogP contribution in [0.5, 0.6) is 0 Å². The molecular formula is C23H29N3O2S2. The van der Waals surface area contributed by atoms with Gasteiger partial charge in [-0.15, -0.1) is 11.3 Å². The monoisotopic (exact) mass is 443 g/mol. The molecule has 2 heterocycles. The molecule has 2 aliphatic rings. The van der Waals surface area contributed by atoms with Gasteiger partial charge < -0.3 is 15.0 Å². The van der Waals surface area contributed by atoms with E-state index in [1.54, 1.807) is 11.3 Å². The number of nitrogens with zero attached hydrogens (tertiary/aromatic N) is 2. The molecule has 1 atom stereocenters. The van der Waals surface area contributed by atoms with Crippen molar-refractivity contribution in [3.63, 3.8) is 0 Å².